The number of carbonyl (C=O) groups excluding carboxylic acids is 18. The summed E-state index contributed by atoms with van der Waals surface area (Å²) in [4.78, 5) is 249. The normalized spacial score (nSPS) is 14.5. The van der Waals surface area contributed by atoms with Crippen molar-refractivity contribution in [1.29, 1.82) is 0 Å². The average Bonchev–Trinajstić information content (AvgIpc) is 0.825. The lowest BCUT2D eigenvalue weighted by Gasteiger charge is -2.34. The first kappa shape index (κ1) is 115. The molecular formula is C94H149N19O20. The van der Waals surface area contributed by atoms with Crippen LogP contribution in [0, 0.1) is 47.3 Å². The van der Waals surface area contributed by atoms with Gasteiger partial charge in [0.05, 0.1) is 44.9 Å². The zero-order chi connectivity index (χ0) is 101. The van der Waals surface area contributed by atoms with Gasteiger partial charge in [-0.15, -0.1) is 0 Å². The monoisotopic (exact) mass is 1860 g/mol. The third kappa shape index (κ3) is 40.0. The number of aliphatic hydroxyl groups is 1. The Kier molecular flexibility index (Phi) is 46.1. The van der Waals surface area contributed by atoms with E-state index in [1.807, 2.05) is 13.8 Å². The highest BCUT2D eigenvalue weighted by Crippen LogP contribution is 2.21. The molecule has 0 bridgehead atoms. The minimum absolute atomic E-state index is 0.0450. The van der Waals surface area contributed by atoms with Crippen molar-refractivity contribution in [3.8, 4) is 0 Å². The van der Waals surface area contributed by atoms with E-state index in [9.17, 15) is 91.4 Å². The topological polar surface area (TPSA) is 570 Å². The molecule has 3 aromatic rings. The molecule has 12 atom stereocenters. The largest absolute Gasteiger partial charge is 0.444 e. The molecule has 0 aliphatic rings. The van der Waals surface area contributed by atoms with Crippen LogP contribution in [0.5, 0.6) is 0 Å². The van der Waals surface area contributed by atoms with E-state index in [1.165, 1.54) is 46.4 Å². The first-order chi connectivity index (χ1) is 61.7. The Morgan fingerprint density at radius 2 is 0.737 bits per heavy atom. The summed E-state index contributed by atoms with van der Waals surface area (Å²) in [5.74, 6) is -16.6. The molecule has 740 valence electrons. The second kappa shape index (κ2) is 53.4. The number of nitrogens with zero attached hydrogens (tertiary/aromatic N) is 1. The molecule has 0 fully saturated rings. The van der Waals surface area contributed by atoms with Crippen LogP contribution in [0.1, 0.15) is 203 Å². The van der Waals surface area contributed by atoms with Crippen molar-refractivity contribution in [2.24, 2.45) is 53.1 Å². The molecule has 0 saturated heterocycles. The van der Waals surface area contributed by atoms with Crippen LogP contribution in [0.25, 0.3) is 0 Å². The SMILES string of the molecule is CC[C@H](C)[C@H](NC(=O)[C@@H](NC(=O)[C@@H](NC(=O)C(C)(C)NC(=O)CNC(=O)[C@@H](NC(=O)OC(C)(C)C)C(C)C)C(C)C)C(C)C)C(=O)NC(C)(C)C(=O)N[C@@H](Cc1ccccc1)C(=O)N[C@H](C(=O)NC(C)(C)C(=O)NCC(=O)NCC(=O)NCC(=O)N[C@H](C(=O)N[C@@H](Cc1ccccc1)[C@H](O)CN(Cc1ccccc1)C(=O)N[C@@H](CC(C)C)C(=O)N[C@H](C(N)=O)C(C)C)C(C)C)C(C)C. The van der Waals surface area contributed by atoms with Gasteiger partial charge in [0.25, 0.3) is 0 Å². The zero-order valence-corrected chi connectivity index (χ0v) is 81.9. The average molecular weight is 1870 g/mol. The minimum Gasteiger partial charge on any atom is -0.444 e. The molecule has 0 aliphatic carbocycles. The number of aliphatic hydroxyl groups excluding tert-OH is 1. The maximum absolute atomic E-state index is 14.6. The number of carbonyl (C=O) groups is 18. The molecule has 0 heterocycles. The van der Waals surface area contributed by atoms with Gasteiger partial charge in [0.2, 0.25) is 94.5 Å². The number of nitrogens with two attached hydrogens (primary N) is 1. The summed E-state index contributed by atoms with van der Waals surface area (Å²) in [6.45, 7) is 37.1. The third-order valence-electron chi connectivity index (χ3n) is 21.7. The number of nitrogens with one attached hydrogen (secondary N) is 17. The first-order valence-electron chi connectivity index (χ1n) is 45.3. The Morgan fingerprint density at radius 3 is 1.21 bits per heavy atom. The summed E-state index contributed by atoms with van der Waals surface area (Å²) in [6, 6.07) is 13.3. The van der Waals surface area contributed by atoms with E-state index in [2.05, 4.69) is 90.4 Å². The molecule has 19 amide bonds. The van der Waals surface area contributed by atoms with E-state index < -0.39 is 257 Å². The summed E-state index contributed by atoms with van der Waals surface area (Å²) >= 11 is 0. The number of hydrogen-bond donors (Lipinski definition) is 19. The zero-order valence-electron chi connectivity index (χ0n) is 81.9. The quantitative estimate of drug-likeness (QED) is 0.0383. The maximum Gasteiger partial charge on any atom is 0.408 e. The number of hydrogen-bond acceptors (Lipinski definition) is 20. The van der Waals surface area contributed by atoms with Crippen molar-refractivity contribution in [2.75, 3.05) is 32.7 Å². The fourth-order valence-corrected chi connectivity index (χ4v) is 13.5. The maximum atomic E-state index is 14.6. The van der Waals surface area contributed by atoms with E-state index in [-0.39, 0.29) is 44.2 Å². The van der Waals surface area contributed by atoms with Crippen molar-refractivity contribution < 1.29 is 96.1 Å². The van der Waals surface area contributed by atoms with Gasteiger partial charge in [0.1, 0.15) is 76.6 Å². The summed E-state index contributed by atoms with van der Waals surface area (Å²) in [7, 11) is 0. The van der Waals surface area contributed by atoms with Crippen molar-refractivity contribution in [2.45, 2.75) is 294 Å². The van der Waals surface area contributed by atoms with Gasteiger partial charge in [-0.1, -0.05) is 208 Å². The molecule has 3 aromatic carbocycles. The number of primary amides is 1. The van der Waals surface area contributed by atoms with Crippen LogP contribution >= 0.6 is 0 Å². The van der Waals surface area contributed by atoms with Crippen LogP contribution in [-0.2, 0) is 101 Å². The lowest BCUT2D eigenvalue weighted by Crippen LogP contribution is -2.65. The molecule has 39 heteroatoms. The summed E-state index contributed by atoms with van der Waals surface area (Å²) in [6.07, 6.45) is -1.88. The lowest BCUT2D eigenvalue weighted by molar-refractivity contribution is -0.139. The Morgan fingerprint density at radius 1 is 0.361 bits per heavy atom. The lowest BCUT2D eigenvalue weighted by atomic mass is 9.94. The third-order valence-corrected chi connectivity index (χ3v) is 21.7. The molecule has 0 aromatic heterocycles. The smallest absolute Gasteiger partial charge is 0.408 e. The van der Waals surface area contributed by atoms with Gasteiger partial charge in [-0.05, 0) is 139 Å². The molecular weight excluding hydrogens is 1720 g/mol. The Balaban J connectivity index is 1.69. The molecule has 0 aliphatic heterocycles. The highest BCUT2D eigenvalue weighted by molar-refractivity contribution is 6.01. The molecule has 3 rings (SSSR count). The predicted molar refractivity (Wildman–Crippen MR) is 500 cm³/mol. The van der Waals surface area contributed by atoms with Crippen molar-refractivity contribution in [3.05, 3.63) is 108 Å². The van der Waals surface area contributed by atoms with E-state index in [4.69, 9.17) is 10.5 Å². The number of ether oxygens (including phenoxy) is 1. The Hall–Kier alpha value is -12.3. The van der Waals surface area contributed by atoms with Gasteiger partial charge in [-0.25, -0.2) is 9.59 Å². The van der Waals surface area contributed by atoms with E-state index in [0.717, 1.165) is 0 Å². The van der Waals surface area contributed by atoms with Gasteiger partial charge in [-0.2, -0.15) is 0 Å². The molecule has 39 nitrogen and oxygen atoms in total. The van der Waals surface area contributed by atoms with Gasteiger partial charge < -0.3 is 111 Å². The summed E-state index contributed by atoms with van der Waals surface area (Å²) < 4.78 is 5.28. The number of urea groups is 1. The Labute approximate surface area is 782 Å². The van der Waals surface area contributed by atoms with Gasteiger partial charge in [-0.3, -0.25) is 76.7 Å². The summed E-state index contributed by atoms with van der Waals surface area (Å²) in [5, 5.41) is 56.6. The van der Waals surface area contributed by atoms with Gasteiger partial charge in [0.15, 0.2) is 0 Å². The minimum atomic E-state index is -1.82. The number of rotatable bonds is 52. The molecule has 0 unspecified atom stereocenters. The highest BCUT2D eigenvalue weighted by Gasteiger charge is 2.43. The number of amides is 19. The molecule has 133 heavy (non-hydrogen) atoms. The van der Waals surface area contributed by atoms with Crippen LogP contribution in [0.3, 0.4) is 0 Å². The van der Waals surface area contributed by atoms with E-state index in [1.54, 1.807) is 209 Å². The summed E-state index contributed by atoms with van der Waals surface area (Å²) in [5.41, 5.74) is 1.45. The standard InChI is InChI=1S/C94H149N19O20/c1-26-58(16)76(107-82(124)73(55(10)11)106-83(125)74(56(12)13)108-88(130)93(22,23)110-69(118)48-98-80(122)71(53(6)7)109-90(132)133-91(17,18)19)85(127)112-94(24,25)87(129)101-64(44-60-38-32-28-33-39-60)79(121)105-75(57(14)15)84(126)111-92(20,21)86(128)99-46-67(116)96-45-66(115)97-47-68(117)103-72(54(8)9)81(123)100-62(43-59-36-30-27-31-37-59)65(114)50-113(49-61-40-34-29-35-41-61)89(131)102-63(42-51(2)3)78(120)104-70(52(4)5)77(95)119/h27-41,51-58,62-65,70-76,114H,26,42-50H2,1-25H3,(H2,95,119)(H,96,116)(H,97,115)(H,98,122)(H,99,128)(H,100,123)(H,101,129)(H,102,131)(H,103,117)(H,104,120)(H,105,121)(H,106,125)(H,107,124)(H,108,130)(H,109,132)(H,110,118)(H,111,126)(H,112,127)/t58-,62-,63-,64-,65+,70-,71-,72-,73-,74-,75-,76-/m0/s1. The highest BCUT2D eigenvalue weighted by atomic mass is 16.6. The second-order valence-electron chi connectivity index (χ2n) is 38.8. The van der Waals surface area contributed by atoms with Crippen LogP contribution in [0.15, 0.2) is 91.0 Å². The fraction of sp³-hybridized carbons (Fsp3) is 0.617. The van der Waals surface area contributed by atoms with Crippen LogP contribution in [0.2, 0.25) is 0 Å². The number of benzene rings is 3. The van der Waals surface area contributed by atoms with Crippen molar-refractivity contribution in [1.82, 2.24) is 95.3 Å². The van der Waals surface area contributed by atoms with Crippen LogP contribution in [0.4, 0.5) is 9.59 Å². The molecule has 0 saturated carbocycles. The number of alkyl carbamates (subject to hydrolysis) is 1. The molecule has 0 radical (unpaired) electrons. The van der Waals surface area contributed by atoms with E-state index >= 15 is 0 Å². The fourth-order valence-electron chi connectivity index (χ4n) is 13.5. The molecule has 20 N–H and O–H groups in total. The molecule has 0 spiro atoms. The van der Waals surface area contributed by atoms with Crippen LogP contribution in [-0.4, -0.2) is 238 Å². The van der Waals surface area contributed by atoms with Gasteiger partial charge in [0, 0.05) is 13.0 Å². The Bertz CT molecular complexity index is 4440. The first-order valence-corrected chi connectivity index (χ1v) is 45.3. The van der Waals surface area contributed by atoms with Crippen molar-refractivity contribution >= 4 is 107 Å². The second-order valence-corrected chi connectivity index (χ2v) is 38.8. The van der Waals surface area contributed by atoms with Gasteiger partial charge >= 0.3 is 12.1 Å². The predicted octanol–water partition coefficient (Wildman–Crippen LogP) is 1.85. The van der Waals surface area contributed by atoms with Crippen molar-refractivity contribution in [3.63, 3.8) is 0 Å². The van der Waals surface area contributed by atoms with Crippen LogP contribution < -0.4 is 96.1 Å². The van der Waals surface area contributed by atoms with E-state index in [0.29, 0.717) is 23.1 Å².